The van der Waals surface area contributed by atoms with Crippen LogP contribution in [0.4, 0.5) is 5.13 Å². The summed E-state index contributed by atoms with van der Waals surface area (Å²) in [6.45, 7) is 3.09. The van der Waals surface area contributed by atoms with Gasteiger partial charge >= 0.3 is 5.97 Å². The molecule has 2 aliphatic heterocycles. The number of thioether (sulfide) groups is 2. The standard InChI is InChI=1S/C25H31N7O5S3/c1-3-4-5-6-9-27-31-10-7-16(8-11-31)38-12-15-13-39-23-19(22(34)32(23)20(15)24(35)36)29-21(33)18(30-37-2)17-14-40-25(26)28-17/h7-8,10-11,14,19,23,27H,3-6,9,12-13H2,1-2H3,(H3-,26,28,29,33,35,36)/p+1/b30-18-/t19-,23-/m1/s1. The predicted octanol–water partition coefficient (Wildman–Crippen LogP) is 2.02. The number of pyridine rings is 1. The molecular weight excluding hydrogens is 575 g/mol. The van der Waals surface area contributed by atoms with Gasteiger partial charge in [-0.05, 0) is 12.0 Å². The highest BCUT2D eigenvalue weighted by molar-refractivity contribution is 8.01. The largest absolute Gasteiger partial charge is 0.477 e. The number of unbranched alkanes of at least 4 members (excludes halogenated alkanes) is 3. The molecule has 0 spiro atoms. The van der Waals surface area contributed by atoms with Crippen molar-refractivity contribution in [1.29, 1.82) is 0 Å². The Bertz CT molecular complexity index is 1300. The summed E-state index contributed by atoms with van der Waals surface area (Å²) < 4.78 is 1.91. The van der Waals surface area contributed by atoms with E-state index < -0.39 is 29.2 Å². The molecule has 0 aromatic carbocycles. The van der Waals surface area contributed by atoms with E-state index in [2.05, 4.69) is 27.8 Å². The molecule has 0 unspecified atom stereocenters. The van der Waals surface area contributed by atoms with Crippen LogP contribution in [0.1, 0.15) is 38.3 Å². The molecular formula is C25H32N7O5S3+. The van der Waals surface area contributed by atoms with Crippen LogP contribution >= 0.6 is 34.9 Å². The smallest absolute Gasteiger partial charge is 0.352 e. The minimum atomic E-state index is -1.17. The lowest BCUT2D eigenvalue weighted by atomic mass is 10.0. The Morgan fingerprint density at radius 3 is 2.75 bits per heavy atom. The third-order valence-corrected chi connectivity index (χ3v) is 9.35. The van der Waals surface area contributed by atoms with Crippen LogP contribution in [0.3, 0.4) is 0 Å². The Kier molecular flexibility index (Phi) is 10.3. The molecule has 1 fully saturated rings. The highest BCUT2D eigenvalue weighted by Gasteiger charge is 2.54. The summed E-state index contributed by atoms with van der Waals surface area (Å²) in [7, 11) is 1.29. The summed E-state index contributed by atoms with van der Waals surface area (Å²) >= 11 is 4.06. The highest BCUT2D eigenvalue weighted by Crippen LogP contribution is 2.41. The van der Waals surface area contributed by atoms with Crippen LogP contribution in [-0.2, 0) is 19.2 Å². The van der Waals surface area contributed by atoms with Crippen LogP contribution in [0.5, 0.6) is 0 Å². The zero-order valence-electron chi connectivity index (χ0n) is 22.2. The number of carbonyl (C=O) groups excluding carboxylic acids is 2. The number of hydrogen-bond acceptors (Lipinski definition) is 11. The second kappa shape index (κ2) is 13.9. The van der Waals surface area contributed by atoms with Gasteiger partial charge < -0.3 is 21.0 Å². The van der Waals surface area contributed by atoms with Crippen molar-refractivity contribution in [3.63, 3.8) is 0 Å². The molecule has 2 amide bonds. The Morgan fingerprint density at radius 2 is 2.10 bits per heavy atom. The molecule has 2 aromatic heterocycles. The van der Waals surface area contributed by atoms with Gasteiger partial charge in [0.1, 0.15) is 29.9 Å². The lowest BCUT2D eigenvalue weighted by Gasteiger charge is -2.49. The van der Waals surface area contributed by atoms with E-state index >= 15 is 0 Å². The van der Waals surface area contributed by atoms with Gasteiger partial charge in [-0.3, -0.25) is 14.5 Å². The minimum Gasteiger partial charge on any atom is -0.477 e. The van der Waals surface area contributed by atoms with E-state index in [0.29, 0.717) is 17.1 Å². The molecule has 1 saturated heterocycles. The summed E-state index contributed by atoms with van der Waals surface area (Å²) in [4.78, 5) is 49.2. The van der Waals surface area contributed by atoms with Crippen molar-refractivity contribution in [2.24, 2.45) is 5.16 Å². The number of aromatic nitrogens is 2. The summed E-state index contributed by atoms with van der Waals surface area (Å²) in [5, 5.41) is 17.6. The van der Waals surface area contributed by atoms with Crippen LogP contribution in [0.25, 0.3) is 0 Å². The van der Waals surface area contributed by atoms with Gasteiger partial charge in [-0.2, -0.15) is 5.43 Å². The van der Waals surface area contributed by atoms with Crippen LogP contribution in [0.2, 0.25) is 0 Å². The molecule has 0 radical (unpaired) electrons. The van der Waals surface area contributed by atoms with Crippen molar-refractivity contribution in [3.05, 3.63) is 46.9 Å². The van der Waals surface area contributed by atoms with E-state index in [-0.39, 0.29) is 22.2 Å². The molecule has 2 atom stereocenters. The molecule has 4 heterocycles. The summed E-state index contributed by atoms with van der Waals surface area (Å²) in [5.74, 6) is -1.48. The number of carbonyl (C=O) groups is 3. The number of fused-ring (bicyclic) bond motifs is 1. The first-order valence-electron chi connectivity index (χ1n) is 12.7. The monoisotopic (exact) mass is 606 g/mol. The van der Waals surface area contributed by atoms with E-state index in [0.717, 1.165) is 29.2 Å². The molecule has 0 saturated carbocycles. The van der Waals surface area contributed by atoms with Gasteiger partial charge in [0.15, 0.2) is 10.8 Å². The third kappa shape index (κ3) is 6.88. The fraction of sp³-hybridized carbons (Fsp3) is 0.440. The average Bonchev–Trinajstić information content (AvgIpc) is 3.38. The molecule has 12 nitrogen and oxygen atoms in total. The number of aliphatic carboxylic acids is 1. The minimum absolute atomic E-state index is 0.0236. The van der Waals surface area contributed by atoms with Crippen molar-refractivity contribution in [2.75, 3.05) is 36.3 Å². The van der Waals surface area contributed by atoms with Crippen molar-refractivity contribution >= 4 is 63.5 Å². The molecule has 15 heteroatoms. The van der Waals surface area contributed by atoms with E-state index in [1.807, 2.05) is 29.2 Å². The SMILES string of the molecule is CCCCCCN[n+]1ccc(SCC2=C(C(=O)O)N3C(=O)[C@@H](NC(=O)/C(=N\OC)c4csc(N)n4)[C@H]3SC2)cc1. The molecule has 214 valence electrons. The molecule has 5 N–H and O–H groups in total. The van der Waals surface area contributed by atoms with Crippen LogP contribution in [-0.4, -0.2) is 75.1 Å². The van der Waals surface area contributed by atoms with Crippen LogP contribution in [0, 0.1) is 0 Å². The molecule has 40 heavy (non-hydrogen) atoms. The van der Waals surface area contributed by atoms with Gasteiger partial charge in [0, 0.05) is 33.9 Å². The number of oxime groups is 1. The molecule has 2 aromatic rings. The fourth-order valence-electron chi connectivity index (χ4n) is 4.24. The lowest BCUT2D eigenvalue weighted by molar-refractivity contribution is -0.650. The van der Waals surface area contributed by atoms with Crippen LogP contribution in [0.15, 0.2) is 51.2 Å². The maximum atomic E-state index is 13.0. The van der Waals surface area contributed by atoms with Gasteiger partial charge in [-0.15, -0.1) is 34.9 Å². The number of nitrogens with two attached hydrogens (primary N) is 1. The lowest BCUT2D eigenvalue weighted by Crippen LogP contribution is -2.71. The van der Waals surface area contributed by atoms with E-state index in [1.54, 1.807) is 5.38 Å². The third-order valence-electron chi connectivity index (χ3n) is 6.24. The number of β-lactam (4-membered cyclic amide) rings is 1. The van der Waals surface area contributed by atoms with Crippen LogP contribution < -0.4 is 21.2 Å². The molecule has 4 rings (SSSR count). The van der Waals surface area contributed by atoms with E-state index in [4.69, 9.17) is 10.6 Å². The van der Waals surface area contributed by atoms with Gasteiger partial charge in [0.05, 0.1) is 6.54 Å². The number of carboxylic acid groups (broad SMARTS) is 1. The first kappa shape index (κ1) is 29.7. The molecule has 0 bridgehead atoms. The topological polar surface area (TPSA) is 163 Å². The Morgan fingerprint density at radius 1 is 1.32 bits per heavy atom. The van der Waals surface area contributed by atoms with Gasteiger partial charge in [-0.1, -0.05) is 36.0 Å². The number of hydrogen-bond donors (Lipinski definition) is 4. The number of thiazole rings is 1. The first-order chi connectivity index (χ1) is 19.3. The van der Waals surface area contributed by atoms with Gasteiger partial charge in [0.2, 0.25) is 12.4 Å². The average molecular weight is 607 g/mol. The van der Waals surface area contributed by atoms with Crippen molar-refractivity contribution < 1.29 is 29.0 Å². The number of nitrogens with one attached hydrogen (secondary N) is 2. The zero-order chi connectivity index (χ0) is 28.6. The number of nitrogens with zero attached hydrogens (tertiary/aromatic N) is 4. The number of anilines is 1. The summed E-state index contributed by atoms with van der Waals surface area (Å²) in [5.41, 5.74) is 9.74. The number of carboxylic acids is 1. The van der Waals surface area contributed by atoms with Gasteiger partial charge in [0.25, 0.3) is 11.8 Å². The Hall–Kier alpha value is -3.30. The number of rotatable bonds is 14. The van der Waals surface area contributed by atoms with Gasteiger partial charge in [-0.25, -0.2) is 9.78 Å². The molecule has 0 aliphatic carbocycles. The fourth-order valence-corrected chi connectivity index (χ4v) is 7.16. The second-order valence-electron chi connectivity index (χ2n) is 9.01. The van der Waals surface area contributed by atoms with Crippen molar-refractivity contribution in [2.45, 2.75) is 48.9 Å². The highest BCUT2D eigenvalue weighted by atomic mass is 32.2. The molecule has 2 aliphatic rings. The Balaban J connectivity index is 1.37. The zero-order valence-corrected chi connectivity index (χ0v) is 24.6. The maximum Gasteiger partial charge on any atom is 0.352 e. The van der Waals surface area contributed by atoms with E-state index in [9.17, 15) is 19.5 Å². The first-order valence-corrected chi connectivity index (χ1v) is 15.7. The number of nitrogen functional groups attached to an aromatic ring is 1. The summed E-state index contributed by atoms with van der Waals surface area (Å²) in [6, 6.07) is 3.04. The normalized spacial score (nSPS) is 18.7. The van der Waals surface area contributed by atoms with Crippen molar-refractivity contribution in [1.82, 2.24) is 15.2 Å². The maximum absolute atomic E-state index is 13.0. The van der Waals surface area contributed by atoms with E-state index in [1.165, 1.54) is 54.8 Å². The second-order valence-corrected chi connectivity index (χ2v) is 12.1. The quantitative estimate of drug-likeness (QED) is 0.0625. The Labute approximate surface area is 244 Å². The number of amides is 2. The predicted molar refractivity (Wildman–Crippen MR) is 155 cm³/mol. The van der Waals surface area contributed by atoms with Crippen molar-refractivity contribution in [3.8, 4) is 0 Å². The summed E-state index contributed by atoms with van der Waals surface area (Å²) in [6.07, 6.45) is 8.64.